The molecule has 0 bridgehead atoms. The lowest BCUT2D eigenvalue weighted by molar-refractivity contribution is 0.0771. The van der Waals surface area contributed by atoms with Crippen molar-refractivity contribution < 1.29 is 22.7 Å². The van der Waals surface area contributed by atoms with E-state index >= 15 is 0 Å². The lowest BCUT2D eigenvalue weighted by Gasteiger charge is -2.27. The summed E-state index contributed by atoms with van der Waals surface area (Å²) in [7, 11) is 0.361. The first kappa shape index (κ1) is 19.3. The molecule has 1 aromatic carbocycles. The van der Waals surface area contributed by atoms with Crippen LogP contribution in [0.2, 0.25) is 0 Å². The number of nitrogens with zero attached hydrogens (tertiary/aromatic N) is 3. The Balaban J connectivity index is 1.68. The van der Waals surface area contributed by atoms with Crippen molar-refractivity contribution in [2.45, 2.75) is 0 Å². The first-order valence-electron chi connectivity index (χ1n) is 9.13. The van der Waals surface area contributed by atoms with Crippen molar-refractivity contribution in [1.29, 1.82) is 0 Å². The maximum Gasteiger partial charge on any atom is 0.257 e. The van der Waals surface area contributed by atoms with Gasteiger partial charge in [-0.25, -0.2) is 13.4 Å². The highest BCUT2D eigenvalue weighted by Gasteiger charge is 2.28. The molecule has 2 aromatic heterocycles. The molecule has 3 aromatic rings. The molecule has 152 valence electrons. The second-order valence-corrected chi connectivity index (χ2v) is 9.19. The molecule has 8 nitrogen and oxygen atoms in total. The van der Waals surface area contributed by atoms with Gasteiger partial charge in [-0.1, -0.05) is 6.07 Å². The van der Waals surface area contributed by atoms with E-state index in [-0.39, 0.29) is 30.5 Å². The summed E-state index contributed by atoms with van der Waals surface area (Å²) < 4.78 is 36.3. The Morgan fingerprint density at radius 3 is 2.59 bits per heavy atom. The summed E-state index contributed by atoms with van der Waals surface area (Å²) in [6, 6.07) is 9.03. The third kappa shape index (κ3) is 3.77. The summed E-state index contributed by atoms with van der Waals surface area (Å²) in [6.45, 7) is 0.379. The molecule has 3 heterocycles. The highest BCUT2D eigenvalue weighted by Crippen LogP contribution is 2.32. The molecule has 29 heavy (non-hydrogen) atoms. The van der Waals surface area contributed by atoms with Gasteiger partial charge in [-0.3, -0.25) is 4.79 Å². The van der Waals surface area contributed by atoms with E-state index in [0.29, 0.717) is 33.8 Å². The molecule has 0 aliphatic carbocycles. The van der Waals surface area contributed by atoms with E-state index in [2.05, 4.69) is 4.98 Å². The lowest BCUT2D eigenvalue weighted by atomic mass is 10.2. The fourth-order valence-electron chi connectivity index (χ4n) is 3.39. The van der Waals surface area contributed by atoms with Gasteiger partial charge < -0.3 is 18.9 Å². The minimum atomic E-state index is -3.06. The maximum absolute atomic E-state index is 13.0. The van der Waals surface area contributed by atoms with Crippen LogP contribution in [0.1, 0.15) is 10.4 Å². The lowest BCUT2D eigenvalue weighted by Crippen LogP contribution is -2.43. The normalized spacial score (nSPS) is 16.0. The van der Waals surface area contributed by atoms with E-state index in [1.165, 1.54) is 6.20 Å². The van der Waals surface area contributed by atoms with Gasteiger partial charge in [-0.15, -0.1) is 0 Å². The quantitative estimate of drug-likeness (QED) is 0.649. The Morgan fingerprint density at radius 2 is 1.86 bits per heavy atom. The number of methoxy groups -OCH3 is 1. The van der Waals surface area contributed by atoms with E-state index in [0.717, 1.165) is 0 Å². The van der Waals surface area contributed by atoms with Gasteiger partial charge in [-0.05, 0) is 18.2 Å². The molecule has 0 unspecified atom stereocenters. The van der Waals surface area contributed by atoms with E-state index in [1.807, 2.05) is 36.0 Å². The second-order valence-electron chi connectivity index (χ2n) is 6.89. The minimum absolute atomic E-state index is 0.0144. The second kappa shape index (κ2) is 7.40. The molecule has 0 radical (unpaired) electrons. The van der Waals surface area contributed by atoms with Crippen LogP contribution in [0.3, 0.4) is 0 Å². The maximum atomic E-state index is 13.0. The van der Waals surface area contributed by atoms with Crippen LogP contribution in [0.25, 0.3) is 10.9 Å². The van der Waals surface area contributed by atoms with Gasteiger partial charge in [0.25, 0.3) is 5.91 Å². The Kier molecular flexibility index (Phi) is 4.91. The summed E-state index contributed by atoms with van der Waals surface area (Å²) in [5.41, 5.74) is 1.11. The third-order valence-corrected chi connectivity index (χ3v) is 6.60. The molecule has 0 N–H and O–H groups in total. The van der Waals surface area contributed by atoms with Crippen LogP contribution in [0.15, 0.2) is 42.7 Å². The van der Waals surface area contributed by atoms with Gasteiger partial charge in [0.15, 0.2) is 9.84 Å². The Morgan fingerprint density at radius 1 is 1.14 bits per heavy atom. The van der Waals surface area contributed by atoms with Crippen molar-refractivity contribution >= 4 is 26.6 Å². The molecule has 1 aliphatic rings. The molecule has 1 amide bonds. The summed E-state index contributed by atoms with van der Waals surface area (Å²) in [4.78, 5) is 19.0. The van der Waals surface area contributed by atoms with Crippen LogP contribution >= 0.6 is 0 Å². The summed E-state index contributed by atoms with van der Waals surface area (Å²) in [6.07, 6.45) is 3.32. The number of aromatic nitrogens is 2. The number of carbonyl (C=O) groups excluding carboxylic acids is 1. The number of fused-ring (bicyclic) bond motifs is 1. The van der Waals surface area contributed by atoms with Crippen LogP contribution in [0.4, 0.5) is 0 Å². The zero-order valence-electron chi connectivity index (χ0n) is 16.2. The molecule has 1 fully saturated rings. The van der Waals surface area contributed by atoms with Gasteiger partial charge >= 0.3 is 0 Å². The van der Waals surface area contributed by atoms with Crippen molar-refractivity contribution in [2.24, 2.45) is 7.05 Å². The van der Waals surface area contributed by atoms with E-state index in [4.69, 9.17) is 9.47 Å². The smallest absolute Gasteiger partial charge is 0.257 e. The van der Waals surface area contributed by atoms with E-state index in [1.54, 1.807) is 24.1 Å². The molecule has 1 saturated heterocycles. The molecule has 0 atom stereocenters. The number of amides is 1. The SMILES string of the molecule is COc1cccc(Oc2ncc(C(=O)N3CCS(=O)(=O)CC3)c3c2ccn3C)c1. The molecular formula is C20H21N3O5S. The summed E-state index contributed by atoms with van der Waals surface area (Å²) in [5.74, 6) is 1.36. The Labute approximate surface area is 168 Å². The largest absolute Gasteiger partial charge is 0.497 e. The zero-order chi connectivity index (χ0) is 20.6. The average Bonchev–Trinajstić information content (AvgIpc) is 3.10. The van der Waals surface area contributed by atoms with Crippen LogP contribution in [0.5, 0.6) is 17.4 Å². The van der Waals surface area contributed by atoms with E-state index < -0.39 is 9.84 Å². The van der Waals surface area contributed by atoms with Crippen LogP contribution in [-0.4, -0.2) is 60.5 Å². The number of hydrogen-bond donors (Lipinski definition) is 0. The third-order valence-electron chi connectivity index (χ3n) is 4.99. The van der Waals surface area contributed by atoms with Crippen molar-refractivity contribution in [3.8, 4) is 17.4 Å². The van der Waals surface area contributed by atoms with Gasteiger partial charge in [-0.2, -0.15) is 0 Å². The molecule has 0 spiro atoms. The van der Waals surface area contributed by atoms with Gasteiger partial charge in [0.1, 0.15) is 11.5 Å². The average molecular weight is 415 g/mol. The fourth-order valence-corrected chi connectivity index (χ4v) is 4.59. The highest BCUT2D eigenvalue weighted by molar-refractivity contribution is 7.91. The molecule has 1 aliphatic heterocycles. The first-order chi connectivity index (χ1) is 13.9. The van der Waals surface area contributed by atoms with Crippen molar-refractivity contribution in [2.75, 3.05) is 31.7 Å². The van der Waals surface area contributed by atoms with Crippen LogP contribution in [-0.2, 0) is 16.9 Å². The van der Waals surface area contributed by atoms with Crippen molar-refractivity contribution in [3.05, 3.63) is 48.3 Å². The summed E-state index contributed by atoms with van der Waals surface area (Å²) in [5, 5.41) is 0.700. The number of aryl methyl sites for hydroxylation is 1. The van der Waals surface area contributed by atoms with Crippen molar-refractivity contribution in [3.63, 3.8) is 0 Å². The molecular weight excluding hydrogens is 394 g/mol. The minimum Gasteiger partial charge on any atom is -0.497 e. The van der Waals surface area contributed by atoms with Crippen LogP contribution in [0, 0.1) is 0 Å². The fraction of sp³-hybridized carbons (Fsp3) is 0.300. The monoisotopic (exact) mass is 415 g/mol. The van der Waals surface area contributed by atoms with E-state index in [9.17, 15) is 13.2 Å². The highest BCUT2D eigenvalue weighted by atomic mass is 32.2. The number of sulfone groups is 1. The Bertz CT molecular complexity index is 1170. The number of pyridine rings is 1. The van der Waals surface area contributed by atoms with Gasteiger partial charge in [0.2, 0.25) is 5.88 Å². The molecule has 4 rings (SSSR count). The number of benzene rings is 1. The number of ether oxygens (including phenoxy) is 2. The van der Waals surface area contributed by atoms with Gasteiger partial charge in [0, 0.05) is 38.6 Å². The first-order valence-corrected chi connectivity index (χ1v) is 11.0. The number of carbonyl (C=O) groups is 1. The Hall–Kier alpha value is -3.07. The molecule has 9 heteroatoms. The van der Waals surface area contributed by atoms with Crippen molar-refractivity contribution in [1.82, 2.24) is 14.5 Å². The zero-order valence-corrected chi connectivity index (χ0v) is 17.0. The summed E-state index contributed by atoms with van der Waals surface area (Å²) >= 11 is 0. The predicted molar refractivity (Wildman–Crippen MR) is 108 cm³/mol. The topological polar surface area (TPSA) is 90.7 Å². The standard InChI is InChI=1S/C20H21N3O5S/c1-22-7-6-16-18(22)17(20(24)23-8-10-29(25,26)11-9-23)13-21-19(16)28-15-5-3-4-14(12-15)27-2/h3-7,12-13H,8-11H2,1-2H3. The van der Waals surface area contributed by atoms with Gasteiger partial charge in [0.05, 0.1) is 35.1 Å². The van der Waals surface area contributed by atoms with Crippen LogP contribution < -0.4 is 9.47 Å². The predicted octanol–water partition coefficient (Wildman–Crippen LogP) is 2.24. The molecule has 0 saturated carbocycles. The number of rotatable bonds is 4. The number of hydrogen-bond acceptors (Lipinski definition) is 6.